The van der Waals surface area contributed by atoms with Gasteiger partial charge >= 0.3 is 0 Å². The molecule has 0 radical (unpaired) electrons. The van der Waals surface area contributed by atoms with E-state index in [1.165, 1.54) is 10.6 Å². The van der Waals surface area contributed by atoms with Gasteiger partial charge in [0.25, 0.3) is 11.5 Å². The van der Waals surface area contributed by atoms with Crippen LogP contribution >= 0.6 is 0 Å². The number of carbonyl (C=O) groups excluding carboxylic acids is 1. The Labute approximate surface area is 110 Å². The molecule has 2 aromatic rings. The van der Waals surface area contributed by atoms with Gasteiger partial charge in [0.05, 0.1) is 5.69 Å². The van der Waals surface area contributed by atoms with Gasteiger partial charge in [-0.05, 0) is 13.0 Å². The Kier molecular flexibility index (Phi) is 3.50. The van der Waals surface area contributed by atoms with Crippen LogP contribution in [0, 0.1) is 6.92 Å². The van der Waals surface area contributed by atoms with Crippen LogP contribution < -0.4 is 10.9 Å². The minimum Gasteiger partial charge on any atom is -0.348 e. The molecule has 100 valence electrons. The Morgan fingerprint density at radius 3 is 2.74 bits per heavy atom. The first-order chi connectivity index (χ1) is 8.97. The summed E-state index contributed by atoms with van der Waals surface area (Å²) < 4.78 is 3.12. The maximum absolute atomic E-state index is 11.9. The van der Waals surface area contributed by atoms with Gasteiger partial charge in [0.1, 0.15) is 0 Å². The van der Waals surface area contributed by atoms with Crippen molar-refractivity contribution in [2.45, 2.75) is 13.5 Å². The van der Waals surface area contributed by atoms with Crippen molar-refractivity contribution in [2.75, 3.05) is 0 Å². The first kappa shape index (κ1) is 13.1. The van der Waals surface area contributed by atoms with Crippen molar-refractivity contribution in [3.63, 3.8) is 0 Å². The molecule has 0 saturated carbocycles. The Balaban J connectivity index is 2.07. The Morgan fingerprint density at radius 2 is 2.16 bits per heavy atom. The van der Waals surface area contributed by atoms with E-state index in [4.69, 9.17) is 0 Å². The number of nitrogens with one attached hydrogen (secondary N) is 1. The summed E-state index contributed by atoms with van der Waals surface area (Å²) in [5.41, 5.74) is 2.00. The van der Waals surface area contributed by atoms with Crippen LogP contribution in [0.25, 0.3) is 0 Å². The Hall–Kier alpha value is -2.37. The summed E-state index contributed by atoms with van der Waals surface area (Å²) in [6, 6.07) is 2.94. The van der Waals surface area contributed by atoms with E-state index in [0.717, 1.165) is 11.3 Å². The minimum atomic E-state index is -0.263. The van der Waals surface area contributed by atoms with E-state index in [0.29, 0.717) is 12.1 Å². The molecule has 2 rings (SSSR count). The molecule has 0 bridgehead atoms. The number of carbonyl (C=O) groups is 1. The van der Waals surface area contributed by atoms with E-state index < -0.39 is 0 Å². The lowest BCUT2D eigenvalue weighted by Gasteiger charge is -2.05. The monoisotopic (exact) mass is 260 g/mol. The van der Waals surface area contributed by atoms with Crippen LogP contribution in [0.2, 0.25) is 0 Å². The molecule has 0 spiro atoms. The average molecular weight is 260 g/mol. The van der Waals surface area contributed by atoms with Crippen LogP contribution in [-0.4, -0.2) is 20.3 Å². The molecule has 1 amide bonds. The lowest BCUT2D eigenvalue weighted by atomic mass is 10.2. The van der Waals surface area contributed by atoms with Crippen molar-refractivity contribution >= 4 is 5.91 Å². The second-order valence-corrected chi connectivity index (χ2v) is 4.46. The molecule has 1 N–H and O–H groups in total. The number of aromatic nitrogens is 3. The molecule has 2 aromatic heterocycles. The standard InChI is InChI=1S/C13H16N4O2/c1-9-11(8-17(3)15-9)7-14-13(19)10-4-5-16(2)12(18)6-10/h4-6,8H,7H2,1-3H3,(H,14,19). The van der Waals surface area contributed by atoms with Crippen LogP contribution in [0.3, 0.4) is 0 Å². The fourth-order valence-electron chi connectivity index (χ4n) is 1.79. The molecule has 0 atom stereocenters. The van der Waals surface area contributed by atoms with Gasteiger partial charge in [-0.1, -0.05) is 0 Å². The summed E-state index contributed by atoms with van der Waals surface area (Å²) in [4.78, 5) is 23.4. The molecule has 0 aliphatic rings. The van der Waals surface area contributed by atoms with Crippen LogP contribution in [0.1, 0.15) is 21.6 Å². The van der Waals surface area contributed by atoms with Crippen LogP contribution in [0.4, 0.5) is 0 Å². The summed E-state index contributed by atoms with van der Waals surface area (Å²) in [6.45, 7) is 2.29. The third-order valence-electron chi connectivity index (χ3n) is 2.92. The van der Waals surface area contributed by atoms with Crippen molar-refractivity contribution in [3.05, 3.63) is 51.7 Å². The number of hydrogen-bond acceptors (Lipinski definition) is 3. The SMILES string of the molecule is Cc1nn(C)cc1CNC(=O)c1ccn(C)c(=O)c1. The van der Waals surface area contributed by atoms with Gasteiger partial charge in [-0.2, -0.15) is 5.10 Å². The molecule has 0 aromatic carbocycles. The predicted octanol–water partition coefficient (Wildman–Crippen LogP) is 0.357. The largest absolute Gasteiger partial charge is 0.348 e. The quantitative estimate of drug-likeness (QED) is 0.866. The van der Waals surface area contributed by atoms with E-state index >= 15 is 0 Å². The average Bonchev–Trinajstić information content (AvgIpc) is 2.68. The number of pyridine rings is 1. The number of hydrogen-bond donors (Lipinski definition) is 1. The van der Waals surface area contributed by atoms with E-state index in [1.807, 2.05) is 20.2 Å². The van der Waals surface area contributed by atoms with Gasteiger partial charge < -0.3 is 9.88 Å². The fourth-order valence-corrected chi connectivity index (χ4v) is 1.79. The van der Waals surface area contributed by atoms with Crippen LogP contribution in [0.5, 0.6) is 0 Å². The lowest BCUT2D eigenvalue weighted by Crippen LogP contribution is -2.25. The molecular formula is C13H16N4O2. The van der Waals surface area contributed by atoms with Gasteiger partial charge in [0.15, 0.2) is 0 Å². The first-order valence-corrected chi connectivity index (χ1v) is 5.91. The van der Waals surface area contributed by atoms with Gasteiger partial charge in [0, 0.05) is 50.2 Å². The highest BCUT2D eigenvalue weighted by Crippen LogP contribution is 2.04. The molecule has 19 heavy (non-hydrogen) atoms. The summed E-state index contributed by atoms with van der Waals surface area (Å²) in [5.74, 6) is -0.263. The van der Waals surface area contributed by atoms with E-state index in [9.17, 15) is 9.59 Å². The van der Waals surface area contributed by atoms with E-state index in [1.54, 1.807) is 24.0 Å². The van der Waals surface area contributed by atoms with Crippen LogP contribution in [0.15, 0.2) is 29.3 Å². The molecule has 6 heteroatoms. The number of nitrogens with zero attached hydrogens (tertiary/aromatic N) is 3. The van der Waals surface area contributed by atoms with E-state index in [-0.39, 0.29) is 11.5 Å². The summed E-state index contributed by atoms with van der Waals surface area (Å²) in [7, 11) is 3.47. The molecule has 0 aliphatic carbocycles. The molecule has 0 unspecified atom stereocenters. The van der Waals surface area contributed by atoms with Crippen molar-refractivity contribution in [2.24, 2.45) is 14.1 Å². The second-order valence-electron chi connectivity index (χ2n) is 4.46. The molecule has 2 heterocycles. The number of aryl methyl sites for hydroxylation is 3. The summed E-state index contributed by atoms with van der Waals surface area (Å²) >= 11 is 0. The third kappa shape index (κ3) is 2.90. The first-order valence-electron chi connectivity index (χ1n) is 5.91. The smallest absolute Gasteiger partial charge is 0.251 e. The molecule has 0 saturated heterocycles. The highest BCUT2D eigenvalue weighted by atomic mass is 16.2. The van der Waals surface area contributed by atoms with Gasteiger partial charge in [-0.3, -0.25) is 14.3 Å². The highest BCUT2D eigenvalue weighted by Gasteiger charge is 2.08. The van der Waals surface area contributed by atoms with E-state index in [2.05, 4.69) is 10.4 Å². The number of amides is 1. The molecule has 0 aliphatic heterocycles. The molecular weight excluding hydrogens is 244 g/mol. The van der Waals surface area contributed by atoms with Crippen molar-refractivity contribution in [1.29, 1.82) is 0 Å². The maximum Gasteiger partial charge on any atom is 0.251 e. The molecule has 0 fully saturated rings. The third-order valence-corrected chi connectivity index (χ3v) is 2.92. The Morgan fingerprint density at radius 1 is 1.42 bits per heavy atom. The predicted molar refractivity (Wildman–Crippen MR) is 70.8 cm³/mol. The zero-order valence-electron chi connectivity index (χ0n) is 11.2. The lowest BCUT2D eigenvalue weighted by molar-refractivity contribution is 0.0950. The van der Waals surface area contributed by atoms with Gasteiger partial charge in [-0.15, -0.1) is 0 Å². The van der Waals surface area contributed by atoms with Gasteiger partial charge in [-0.25, -0.2) is 0 Å². The topological polar surface area (TPSA) is 68.9 Å². The summed E-state index contributed by atoms with van der Waals surface area (Å²) in [6.07, 6.45) is 3.44. The normalized spacial score (nSPS) is 10.5. The minimum absolute atomic E-state index is 0.204. The molecule has 6 nitrogen and oxygen atoms in total. The van der Waals surface area contributed by atoms with Crippen molar-refractivity contribution in [1.82, 2.24) is 19.7 Å². The zero-order valence-corrected chi connectivity index (χ0v) is 11.2. The summed E-state index contributed by atoms with van der Waals surface area (Å²) in [5, 5.41) is 6.98. The maximum atomic E-state index is 11.9. The van der Waals surface area contributed by atoms with Gasteiger partial charge in [0.2, 0.25) is 0 Å². The van der Waals surface area contributed by atoms with Crippen molar-refractivity contribution in [3.8, 4) is 0 Å². The fraction of sp³-hybridized carbons (Fsp3) is 0.308. The number of rotatable bonds is 3. The second kappa shape index (κ2) is 5.09. The van der Waals surface area contributed by atoms with Crippen molar-refractivity contribution < 1.29 is 4.79 Å². The highest BCUT2D eigenvalue weighted by molar-refractivity contribution is 5.93. The van der Waals surface area contributed by atoms with Crippen LogP contribution in [-0.2, 0) is 20.6 Å². The Bertz CT molecular complexity index is 670. The zero-order chi connectivity index (χ0) is 14.0.